The fourth-order valence-corrected chi connectivity index (χ4v) is 4.90. The maximum absolute atomic E-state index is 13.8. The molecule has 0 aliphatic carbocycles. The van der Waals surface area contributed by atoms with Crippen molar-refractivity contribution in [3.63, 3.8) is 0 Å². The van der Waals surface area contributed by atoms with E-state index in [4.69, 9.17) is 11.6 Å². The van der Waals surface area contributed by atoms with Crippen LogP contribution < -0.4 is 0 Å². The van der Waals surface area contributed by atoms with Gasteiger partial charge in [0.1, 0.15) is 5.82 Å². The van der Waals surface area contributed by atoms with Crippen molar-refractivity contribution in [2.45, 2.75) is 25.3 Å². The van der Waals surface area contributed by atoms with E-state index in [9.17, 15) is 12.8 Å². The smallest absolute Gasteiger partial charge is 0.207 e. The zero-order valence-electron chi connectivity index (χ0n) is 11.9. The summed E-state index contributed by atoms with van der Waals surface area (Å²) in [5, 5.41) is 0.218. The molecule has 0 N–H and O–H groups in total. The number of nitrogens with zero attached hydrogens (tertiary/aromatic N) is 1. The number of sulfonamides is 1. The molecule has 0 saturated carbocycles. The molecule has 3 nitrogen and oxygen atoms in total. The molecule has 7 heteroatoms. The second-order valence-corrected chi connectivity index (χ2v) is 8.62. The van der Waals surface area contributed by atoms with Gasteiger partial charge in [-0.3, -0.25) is 0 Å². The van der Waals surface area contributed by atoms with Crippen molar-refractivity contribution < 1.29 is 12.8 Å². The molecule has 0 bridgehead atoms. The van der Waals surface area contributed by atoms with E-state index in [1.54, 1.807) is 19.1 Å². The molecule has 0 unspecified atom stereocenters. The van der Waals surface area contributed by atoms with E-state index >= 15 is 0 Å². The molecule has 21 heavy (non-hydrogen) atoms. The van der Waals surface area contributed by atoms with Gasteiger partial charge in [0.05, 0.1) is 4.90 Å². The summed E-state index contributed by atoms with van der Waals surface area (Å²) in [5.41, 5.74) is 0.176. The molecule has 0 spiro atoms. The minimum atomic E-state index is -3.66. The molecule has 0 aliphatic rings. The number of thiophene rings is 1. The van der Waals surface area contributed by atoms with Gasteiger partial charge in [0, 0.05) is 33.9 Å². The van der Waals surface area contributed by atoms with Crippen LogP contribution in [0.15, 0.2) is 29.2 Å². The third-order valence-corrected chi connectivity index (χ3v) is 6.50. The van der Waals surface area contributed by atoms with Crippen LogP contribution in [-0.4, -0.2) is 19.8 Å². The van der Waals surface area contributed by atoms with E-state index in [1.165, 1.54) is 30.5 Å². The number of benzene rings is 1. The Labute approximate surface area is 133 Å². The Kier molecular flexibility index (Phi) is 4.72. The first-order valence-corrected chi connectivity index (χ1v) is 8.83. The van der Waals surface area contributed by atoms with Crippen LogP contribution >= 0.6 is 22.9 Å². The number of hydrogen-bond donors (Lipinski definition) is 0. The van der Waals surface area contributed by atoms with Crippen molar-refractivity contribution in [3.8, 4) is 0 Å². The second kappa shape index (κ2) is 6.04. The lowest BCUT2D eigenvalue weighted by atomic mass is 10.2. The van der Waals surface area contributed by atoms with Crippen LogP contribution in [0.3, 0.4) is 0 Å². The van der Waals surface area contributed by atoms with Gasteiger partial charge < -0.3 is 0 Å². The van der Waals surface area contributed by atoms with E-state index in [-0.39, 0.29) is 22.0 Å². The van der Waals surface area contributed by atoms with Gasteiger partial charge in [0.25, 0.3) is 0 Å². The van der Waals surface area contributed by atoms with Crippen LogP contribution in [0.2, 0.25) is 5.02 Å². The molecular formula is C14H15ClFNO2S2. The molecule has 0 aliphatic heterocycles. The zero-order valence-corrected chi connectivity index (χ0v) is 14.2. The van der Waals surface area contributed by atoms with Crippen molar-refractivity contribution in [2.75, 3.05) is 7.05 Å². The molecule has 1 aromatic heterocycles. The van der Waals surface area contributed by atoms with Gasteiger partial charge in [-0.15, -0.1) is 11.3 Å². The van der Waals surface area contributed by atoms with E-state index in [2.05, 4.69) is 0 Å². The maximum atomic E-state index is 13.8. The molecule has 0 radical (unpaired) electrons. The Hall–Kier alpha value is -0.950. The third-order valence-electron chi connectivity index (χ3n) is 3.13. The normalized spacial score (nSPS) is 12.1. The topological polar surface area (TPSA) is 37.4 Å². The Morgan fingerprint density at radius 1 is 1.33 bits per heavy atom. The first-order valence-electron chi connectivity index (χ1n) is 6.19. The van der Waals surface area contributed by atoms with Crippen LogP contribution in [0.4, 0.5) is 4.39 Å². The number of aryl methyl sites for hydroxylation is 2. The summed E-state index contributed by atoms with van der Waals surface area (Å²) >= 11 is 7.37. The number of rotatable bonds is 4. The van der Waals surface area contributed by atoms with Crippen molar-refractivity contribution in [1.82, 2.24) is 4.31 Å². The number of halogens is 2. The summed E-state index contributed by atoms with van der Waals surface area (Å²) in [5.74, 6) is -0.511. The van der Waals surface area contributed by atoms with E-state index in [1.807, 2.05) is 6.92 Å². The highest BCUT2D eigenvalue weighted by molar-refractivity contribution is 7.89. The van der Waals surface area contributed by atoms with E-state index in [0.29, 0.717) is 0 Å². The quantitative estimate of drug-likeness (QED) is 0.839. The maximum Gasteiger partial charge on any atom is 0.244 e. The molecule has 0 atom stereocenters. The average molecular weight is 348 g/mol. The van der Waals surface area contributed by atoms with E-state index < -0.39 is 15.8 Å². The molecule has 0 fully saturated rings. The lowest BCUT2D eigenvalue weighted by Crippen LogP contribution is -2.27. The third kappa shape index (κ3) is 3.29. The largest absolute Gasteiger partial charge is 0.244 e. The summed E-state index contributed by atoms with van der Waals surface area (Å²) < 4.78 is 40.0. The minimum absolute atomic E-state index is 0.109. The molecule has 1 heterocycles. The van der Waals surface area contributed by atoms with Crippen LogP contribution in [0.1, 0.15) is 15.3 Å². The average Bonchev–Trinajstić information content (AvgIpc) is 2.73. The van der Waals surface area contributed by atoms with Gasteiger partial charge in [-0.25, -0.2) is 12.8 Å². The first-order chi connectivity index (χ1) is 9.73. The van der Waals surface area contributed by atoms with Crippen LogP contribution in [0.25, 0.3) is 0 Å². The SMILES string of the molecule is Cc1cc(S(=O)(=O)N(C)Cc2c(F)cccc2Cl)c(C)s1. The summed E-state index contributed by atoms with van der Waals surface area (Å²) in [7, 11) is -2.24. The standard InChI is InChI=1S/C14H15ClFNO2S2/c1-9-7-14(10(2)20-9)21(18,19)17(3)8-11-12(15)5-4-6-13(11)16/h4-7H,8H2,1-3H3. The Morgan fingerprint density at radius 2 is 2.00 bits per heavy atom. The predicted octanol–water partition coefficient (Wildman–Crippen LogP) is 3.98. The van der Waals surface area contributed by atoms with Gasteiger partial charge in [0.15, 0.2) is 0 Å². The lowest BCUT2D eigenvalue weighted by Gasteiger charge is -2.18. The van der Waals surface area contributed by atoms with Gasteiger partial charge >= 0.3 is 0 Å². The van der Waals surface area contributed by atoms with Gasteiger partial charge in [-0.1, -0.05) is 17.7 Å². The van der Waals surface area contributed by atoms with Crippen molar-refractivity contribution in [3.05, 3.63) is 50.4 Å². The zero-order chi connectivity index (χ0) is 15.8. The first kappa shape index (κ1) is 16.4. The summed E-state index contributed by atoms with van der Waals surface area (Å²) in [6.07, 6.45) is 0. The van der Waals surface area contributed by atoms with Crippen molar-refractivity contribution in [1.29, 1.82) is 0 Å². The highest BCUT2D eigenvalue weighted by Gasteiger charge is 2.25. The highest BCUT2D eigenvalue weighted by atomic mass is 35.5. The van der Waals surface area contributed by atoms with Crippen molar-refractivity contribution >= 4 is 33.0 Å². The molecule has 0 saturated heterocycles. The van der Waals surface area contributed by atoms with Crippen LogP contribution in [0, 0.1) is 19.7 Å². The van der Waals surface area contributed by atoms with Gasteiger partial charge in [-0.05, 0) is 32.0 Å². The Balaban J connectivity index is 2.36. The predicted molar refractivity (Wildman–Crippen MR) is 83.9 cm³/mol. The molecular weight excluding hydrogens is 333 g/mol. The molecule has 0 amide bonds. The van der Waals surface area contributed by atoms with Crippen LogP contribution in [-0.2, 0) is 16.6 Å². The lowest BCUT2D eigenvalue weighted by molar-refractivity contribution is 0.456. The number of hydrogen-bond acceptors (Lipinski definition) is 3. The Bertz CT molecular complexity index is 751. The van der Waals surface area contributed by atoms with Gasteiger partial charge in [-0.2, -0.15) is 4.31 Å². The highest BCUT2D eigenvalue weighted by Crippen LogP contribution is 2.29. The second-order valence-electron chi connectivity index (χ2n) is 4.74. The minimum Gasteiger partial charge on any atom is -0.207 e. The van der Waals surface area contributed by atoms with Crippen molar-refractivity contribution in [2.24, 2.45) is 0 Å². The summed E-state index contributed by atoms with van der Waals surface area (Å²) in [6, 6.07) is 5.93. The fraction of sp³-hybridized carbons (Fsp3) is 0.286. The fourth-order valence-electron chi connectivity index (χ4n) is 2.02. The van der Waals surface area contributed by atoms with E-state index in [0.717, 1.165) is 14.1 Å². The molecule has 2 aromatic rings. The Morgan fingerprint density at radius 3 is 2.52 bits per heavy atom. The van der Waals surface area contributed by atoms with Gasteiger partial charge in [0.2, 0.25) is 10.0 Å². The molecule has 2 rings (SSSR count). The molecule has 114 valence electrons. The monoisotopic (exact) mass is 347 g/mol. The molecule has 1 aromatic carbocycles. The summed E-state index contributed by atoms with van der Waals surface area (Å²) in [6.45, 7) is 3.50. The summed E-state index contributed by atoms with van der Waals surface area (Å²) in [4.78, 5) is 1.90. The van der Waals surface area contributed by atoms with Crippen LogP contribution in [0.5, 0.6) is 0 Å².